The number of anilines is 3. The molecule has 1 fully saturated rings. The highest BCUT2D eigenvalue weighted by molar-refractivity contribution is 6.02. The summed E-state index contributed by atoms with van der Waals surface area (Å²) in [4.78, 5) is 35.3. The zero-order valence-electron chi connectivity index (χ0n) is 19.2. The molecule has 0 unspecified atom stereocenters. The van der Waals surface area contributed by atoms with Crippen molar-refractivity contribution in [3.05, 3.63) is 70.8 Å². The minimum absolute atomic E-state index is 0.0383. The molecular weight excluding hydrogens is 493 g/mol. The maximum Gasteiger partial charge on any atom is 0.416 e. The van der Waals surface area contributed by atoms with Gasteiger partial charge in [-0.2, -0.15) is 13.2 Å². The molecule has 2 aromatic carbocycles. The fourth-order valence-electron chi connectivity index (χ4n) is 3.91. The molecular formula is C24H21F3N6O4. The lowest BCUT2D eigenvalue weighted by atomic mass is 10.1. The van der Waals surface area contributed by atoms with E-state index in [0.717, 1.165) is 12.1 Å². The van der Waals surface area contributed by atoms with Crippen LogP contribution in [0.15, 0.2) is 59.5 Å². The quantitative estimate of drug-likeness (QED) is 0.310. The van der Waals surface area contributed by atoms with E-state index in [2.05, 4.69) is 25.6 Å². The molecule has 0 atom stereocenters. The highest BCUT2D eigenvalue weighted by Gasteiger charge is 2.32. The van der Waals surface area contributed by atoms with E-state index in [1.165, 1.54) is 12.3 Å². The van der Waals surface area contributed by atoms with Crippen LogP contribution in [-0.2, 0) is 10.9 Å². The average molecular weight is 514 g/mol. The summed E-state index contributed by atoms with van der Waals surface area (Å²) in [5.74, 6) is 0.801. The van der Waals surface area contributed by atoms with Crippen LogP contribution < -0.4 is 26.0 Å². The number of ether oxygens (including phenoxy) is 2. The van der Waals surface area contributed by atoms with Gasteiger partial charge in [0.25, 0.3) is 0 Å². The smallest absolute Gasteiger partial charge is 0.416 e. The molecule has 1 saturated heterocycles. The largest absolute Gasteiger partial charge is 0.455 e. The zero-order valence-corrected chi connectivity index (χ0v) is 19.2. The predicted molar refractivity (Wildman–Crippen MR) is 130 cm³/mol. The van der Waals surface area contributed by atoms with Gasteiger partial charge in [-0.1, -0.05) is 0 Å². The van der Waals surface area contributed by atoms with Crippen molar-refractivity contribution < 1.29 is 27.4 Å². The number of morpholine rings is 1. The van der Waals surface area contributed by atoms with Crippen LogP contribution in [0.3, 0.4) is 0 Å². The normalized spacial score (nSPS) is 14.0. The first-order chi connectivity index (χ1) is 17.8. The standard InChI is InChI=1S/C24H21F3N6O4/c25-24(26,27)14-1-6-18(33-9-11-36-12-10-33)17(13-14)30-22(34)29-15-2-4-16(5-3-15)37-19-7-8-28-21-20(19)31-23(35)32-21/h1-8,13H,9-12H2,(H2,29,30,34)(H2,28,31,32,35). The van der Waals surface area contributed by atoms with E-state index in [1.807, 2.05) is 4.90 Å². The molecule has 0 saturated carbocycles. The number of carbonyl (C=O) groups is 1. The van der Waals surface area contributed by atoms with E-state index in [0.29, 0.717) is 60.3 Å². The molecule has 192 valence electrons. The van der Waals surface area contributed by atoms with Gasteiger partial charge in [0.2, 0.25) is 0 Å². The molecule has 1 aliphatic heterocycles. The number of hydrogen-bond acceptors (Lipinski definition) is 6. The maximum absolute atomic E-state index is 13.3. The van der Waals surface area contributed by atoms with E-state index in [-0.39, 0.29) is 5.69 Å². The van der Waals surface area contributed by atoms with Gasteiger partial charge in [-0.05, 0) is 42.5 Å². The number of fused-ring (bicyclic) bond motifs is 1. The van der Waals surface area contributed by atoms with E-state index in [9.17, 15) is 22.8 Å². The molecule has 0 radical (unpaired) electrons. The number of hydrogen-bond donors (Lipinski definition) is 4. The Hall–Kier alpha value is -4.52. The number of halogens is 3. The minimum Gasteiger partial charge on any atom is -0.455 e. The highest BCUT2D eigenvalue weighted by Crippen LogP contribution is 2.36. The summed E-state index contributed by atoms with van der Waals surface area (Å²) in [6.45, 7) is 1.85. The first kappa shape index (κ1) is 24.2. The van der Waals surface area contributed by atoms with Gasteiger partial charge in [0, 0.05) is 31.0 Å². The molecule has 5 rings (SSSR count). The molecule has 0 spiro atoms. The molecule has 4 N–H and O–H groups in total. The number of nitrogens with one attached hydrogen (secondary N) is 4. The predicted octanol–water partition coefficient (Wildman–Crippen LogP) is 4.54. The Morgan fingerprint density at radius 1 is 1.03 bits per heavy atom. The Kier molecular flexibility index (Phi) is 6.44. The molecule has 2 amide bonds. The lowest BCUT2D eigenvalue weighted by Gasteiger charge is -2.31. The summed E-state index contributed by atoms with van der Waals surface area (Å²) in [6, 6.07) is 10.5. The van der Waals surface area contributed by atoms with Crippen LogP contribution in [0.1, 0.15) is 5.56 Å². The fraction of sp³-hybridized carbons (Fsp3) is 0.208. The third-order valence-corrected chi connectivity index (χ3v) is 5.65. The van der Waals surface area contributed by atoms with Crippen LogP contribution in [0.25, 0.3) is 11.2 Å². The number of aromatic nitrogens is 3. The van der Waals surface area contributed by atoms with Crippen molar-refractivity contribution in [3.63, 3.8) is 0 Å². The van der Waals surface area contributed by atoms with Gasteiger partial charge in [0.05, 0.1) is 30.2 Å². The number of amides is 2. The Labute approximate surface area is 207 Å². The van der Waals surface area contributed by atoms with Gasteiger partial charge < -0.3 is 30.0 Å². The van der Waals surface area contributed by atoms with Gasteiger partial charge >= 0.3 is 17.9 Å². The Morgan fingerprint density at radius 3 is 2.51 bits per heavy atom. The van der Waals surface area contributed by atoms with Crippen molar-refractivity contribution in [2.24, 2.45) is 0 Å². The van der Waals surface area contributed by atoms with E-state index < -0.39 is 23.5 Å². The topological polar surface area (TPSA) is 124 Å². The number of carbonyl (C=O) groups excluding carboxylic acids is 1. The van der Waals surface area contributed by atoms with Crippen LogP contribution >= 0.6 is 0 Å². The van der Waals surface area contributed by atoms with Crippen molar-refractivity contribution in [2.45, 2.75) is 6.18 Å². The number of alkyl halides is 3. The number of H-pyrrole nitrogens is 2. The maximum atomic E-state index is 13.3. The summed E-state index contributed by atoms with van der Waals surface area (Å²) in [7, 11) is 0. The first-order valence-electron chi connectivity index (χ1n) is 11.2. The zero-order chi connectivity index (χ0) is 26.0. The van der Waals surface area contributed by atoms with Crippen LogP contribution in [0.5, 0.6) is 11.5 Å². The molecule has 1 aliphatic rings. The molecule has 0 bridgehead atoms. The number of aromatic amines is 2. The van der Waals surface area contributed by atoms with Gasteiger partial charge in [0.1, 0.15) is 11.3 Å². The minimum atomic E-state index is -4.56. The Morgan fingerprint density at radius 2 is 1.78 bits per heavy atom. The third kappa shape index (κ3) is 5.51. The summed E-state index contributed by atoms with van der Waals surface area (Å²) < 4.78 is 51.1. The summed E-state index contributed by atoms with van der Waals surface area (Å²) in [5.41, 5.74) is 0.379. The number of pyridine rings is 1. The van der Waals surface area contributed by atoms with Crippen LogP contribution in [0.4, 0.5) is 35.0 Å². The van der Waals surface area contributed by atoms with Crippen molar-refractivity contribution in [1.29, 1.82) is 0 Å². The van der Waals surface area contributed by atoms with Crippen molar-refractivity contribution in [2.75, 3.05) is 41.8 Å². The van der Waals surface area contributed by atoms with Crippen molar-refractivity contribution in [3.8, 4) is 11.5 Å². The van der Waals surface area contributed by atoms with Gasteiger partial charge in [-0.15, -0.1) is 0 Å². The molecule has 4 aromatic rings. The second kappa shape index (κ2) is 9.85. The number of benzene rings is 2. The Bertz CT molecular complexity index is 1480. The second-order valence-corrected chi connectivity index (χ2v) is 8.15. The van der Waals surface area contributed by atoms with Crippen molar-refractivity contribution in [1.82, 2.24) is 15.0 Å². The summed E-state index contributed by atoms with van der Waals surface area (Å²) in [5, 5.41) is 5.15. The lowest BCUT2D eigenvalue weighted by molar-refractivity contribution is -0.137. The number of rotatable bonds is 5. The molecule has 3 heterocycles. The highest BCUT2D eigenvalue weighted by atomic mass is 19.4. The van der Waals surface area contributed by atoms with Crippen LogP contribution in [-0.4, -0.2) is 47.3 Å². The molecule has 0 aliphatic carbocycles. The molecule has 37 heavy (non-hydrogen) atoms. The molecule has 2 aromatic heterocycles. The van der Waals surface area contributed by atoms with Gasteiger partial charge in [-0.3, -0.25) is 4.98 Å². The second-order valence-electron chi connectivity index (χ2n) is 8.15. The van der Waals surface area contributed by atoms with E-state index >= 15 is 0 Å². The average Bonchev–Trinajstić information content (AvgIpc) is 3.26. The number of nitrogens with zero attached hydrogens (tertiary/aromatic N) is 2. The monoisotopic (exact) mass is 514 g/mol. The SMILES string of the molecule is O=C(Nc1ccc(Oc2ccnc3[nH]c(=O)[nH]c23)cc1)Nc1cc(C(F)(F)F)ccc1N1CCOCC1. The summed E-state index contributed by atoms with van der Waals surface area (Å²) >= 11 is 0. The van der Waals surface area contributed by atoms with Gasteiger partial charge in [0.15, 0.2) is 11.4 Å². The van der Waals surface area contributed by atoms with E-state index in [4.69, 9.17) is 9.47 Å². The lowest BCUT2D eigenvalue weighted by Crippen LogP contribution is -2.37. The molecule has 13 heteroatoms. The third-order valence-electron chi connectivity index (χ3n) is 5.65. The van der Waals surface area contributed by atoms with Crippen molar-refractivity contribution >= 4 is 34.3 Å². The first-order valence-corrected chi connectivity index (χ1v) is 11.2. The Balaban J connectivity index is 1.30. The number of imidazole rings is 1. The van der Waals surface area contributed by atoms with Crippen LogP contribution in [0, 0.1) is 0 Å². The van der Waals surface area contributed by atoms with E-state index in [1.54, 1.807) is 30.3 Å². The summed E-state index contributed by atoms with van der Waals surface area (Å²) in [6.07, 6.45) is -3.07. The fourth-order valence-corrected chi connectivity index (χ4v) is 3.91. The van der Waals surface area contributed by atoms with Gasteiger partial charge in [-0.25, -0.2) is 14.6 Å². The molecule has 10 nitrogen and oxygen atoms in total. The number of urea groups is 1. The van der Waals surface area contributed by atoms with Crippen LogP contribution in [0.2, 0.25) is 0 Å².